The lowest BCUT2D eigenvalue weighted by atomic mass is 9.73. The van der Waals surface area contributed by atoms with E-state index in [1.54, 1.807) is 0 Å². The summed E-state index contributed by atoms with van der Waals surface area (Å²) in [5.74, 6) is -0.171. The van der Waals surface area contributed by atoms with Gasteiger partial charge in [-0.1, -0.05) is 60.7 Å². The van der Waals surface area contributed by atoms with E-state index in [-0.39, 0.29) is 5.78 Å². The van der Waals surface area contributed by atoms with Crippen LogP contribution in [0.2, 0.25) is 0 Å². The quantitative estimate of drug-likeness (QED) is 0.606. The molecule has 0 amide bonds. The van der Waals surface area contributed by atoms with Gasteiger partial charge in [0, 0.05) is 0 Å². The highest BCUT2D eigenvalue weighted by Gasteiger charge is 2.38. The molecule has 2 heteroatoms. The third kappa shape index (κ3) is 1.86. The molecule has 0 N–H and O–H groups in total. The number of hydrogen-bond donors (Lipinski definition) is 0. The first-order valence-corrected chi connectivity index (χ1v) is 5.80. The van der Waals surface area contributed by atoms with Crippen LogP contribution < -0.4 is 0 Å². The highest BCUT2D eigenvalue weighted by atomic mass is 16.1. The SMILES string of the molecule is CC(=O)C(C=O)(c1ccccc1)c1ccccc1. The summed E-state index contributed by atoms with van der Waals surface area (Å²) in [6.45, 7) is 1.45. The van der Waals surface area contributed by atoms with Crippen molar-refractivity contribution in [3.63, 3.8) is 0 Å². The van der Waals surface area contributed by atoms with Gasteiger partial charge < -0.3 is 4.79 Å². The van der Waals surface area contributed by atoms with Gasteiger partial charge in [0.05, 0.1) is 0 Å². The molecule has 0 aliphatic carbocycles. The molecule has 18 heavy (non-hydrogen) atoms. The number of carbonyl (C=O) groups is 2. The maximum Gasteiger partial charge on any atom is 0.151 e. The van der Waals surface area contributed by atoms with E-state index in [4.69, 9.17) is 0 Å². The summed E-state index contributed by atoms with van der Waals surface area (Å²) in [6, 6.07) is 18.3. The summed E-state index contributed by atoms with van der Waals surface area (Å²) >= 11 is 0. The van der Waals surface area contributed by atoms with Crippen molar-refractivity contribution in [2.75, 3.05) is 0 Å². The molecular formula is C16H14O2. The Morgan fingerprint density at radius 2 is 1.28 bits per heavy atom. The first-order valence-electron chi connectivity index (χ1n) is 5.80. The molecule has 0 fully saturated rings. The van der Waals surface area contributed by atoms with Crippen LogP contribution in [0, 0.1) is 0 Å². The van der Waals surface area contributed by atoms with Crippen LogP contribution in [0.4, 0.5) is 0 Å². The minimum Gasteiger partial charge on any atom is -0.302 e. The van der Waals surface area contributed by atoms with Crippen LogP contribution in [-0.4, -0.2) is 12.1 Å². The second-order valence-corrected chi connectivity index (χ2v) is 4.21. The number of carbonyl (C=O) groups excluding carboxylic acids is 2. The summed E-state index contributed by atoms with van der Waals surface area (Å²) in [7, 11) is 0. The van der Waals surface area contributed by atoms with Gasteiger partial charge in [0.2, 0.25) is 0 Å². The minimum absolute atomic E-state index is 0.171. The van der Waals surface area contributed by atoms with Gasteiger partial charge in [-0.3, -0.25) is 4.79 Å². The van der Waals surface area contributed by atoms with Crippen LogP contribution in [0.15, 0.2) is 60.7 Å². The van der Waals surface area contributed by atoms with Crippen molar-refractivity contribution in [1.29, 1.82) is 0 Å². The molecule has 90 valence electrons. The molecule has 2 rings (SSSR count). The average molecular weight is 238 g/mol. The molecule has 0 saturated heterocycles. The number of ketones is 1. The maximum absolute atomic E-state index is 12.1. The fourth-order valence-electron chi connectivity index (χ4n) is 2.19. The summed E-state index contributed by atoms with van der Waals surface area (Å²) in [5.41, 5.74) is 0.222. The van der Waals surface area contributed by atoms with Gasteiger partial charge in [0.25, 0.3) is 0 Å². The Balaban J connectivity index is 2.69. The van der Waals surface area contributed by atoms with Crippen LogP contribution in [0.3, 0.4) is 0 Å². The smallest absolute Gasteiger partial charge is 0.151 e. The maximum atomic E-state index is 12.1. The predicted molar refractivity (Wildman–Crippen MR) is 70.4 cm³/mol. The molecule has 0 saturated carbocycles. The van der Waals surface area contributed by atoms with Gasteiger partial charge in [-0.2, -0.15) is 0 Å². The van der Waals surface area contributed by atoms with Crippen molar-refractivity contribution in [2.24, 2.45) is 0 Å². The van der Waals surface area contributed by atoms with Crippen LogP contribution >= 0.6 is 0 Å². The molecule has 0 aliphatic rings. The fourth-order valence-corrected chi connectivity index (χ4v) is 2.19. The van der Waals surface area contributed by atoms with E-state index in [0.29, 0.717) is 11.1 Å². The van der Waals surface area contributed by atoms with E-state index in [1.165, 1.54) is 6.92 Å². The predicted octanol–water partition coefficient (Wildman–Crippen LogP) is 2.76. The zero-order valence-electron chi connectivity index (χ0n) is 10.2. The Kier molecular flexibility index (Phi) is 3.38. The lowest BCUT2D eigenvalue weighted by Gasteiger charge is -2.26. The van der Waals surface area contributed by atoms with Crippen LogP contribution in [0.1, 0.15) is 18.1 Å². The molecule has 0 unspecified atom stereocenters. The fraction of sp³-hybridized carbons (Fsp3) is 0.125. The Morgan fingerprint density at radius 3 is 1.56 bits per heavy atom. The van der Waals surface area contributed by atoms with E-state index in [0.717, 1.165) is 6.29 Å². The Hall–Kier alpha value is -2.22. The van der Waals surface area contributed by atoms with Crippen molar-refractivity contribution in [2.45, 2.75) is 12.3 Å². The molecule has 0 bridgehead atoms. The number of aldehydes is 1. The molecule has 2 aromatic rings. The molecule has 2 nitrogen and oxygen atoms in total. The monoisotopic (exact) mass is 238 g/mol. The number of benzene rings is 2. The first-order chi connectivity index (χ1) is 8.71. The zero-order chi connectivity index (χ0) is 13.0. The lowest BCUT2D eigenvalue weighted by Crippen LogP contribution is -2.37. The molecule has 0 spiro atoms. The molecule has 0 atom stereocenters. The third-order valence-electron chi connectivity index (χ3n) is 3.19. The average Bonchev–Trinajstić information content (AvgIpc) is 2.42. The van der Waals surface area contributed by atoms with Gasteiger partial charge in [0.1, 0.15) is 11.7 Å². The Labute approximate surface area is 106 Å². The van der Waals surface area contributed by atoms with Gasteiger partial charge in [-0.25, -0.2) is 0 Å². The summed E-state index contributed by atoms with van der Waals surface area (Å²) < 4.78 is 0. The second kappa shape index (κ2) is 4.96. The van der Waals surface area contributed by atoms with E-state index in [1.807, 2.05) is 60.7 Å². The normalized spacial score (nSPS) is 10.9. The van der Waals surface area contributed by atoms with Crippen molar-refractivity contribution in [1.82, 2.24) is 0 Å². The minimum atomic E-state index is -1.19. The molecule has 0 radical (unpaired) electrons. The van der Waals surface area contributed by atoms with Crippen molar-refractivity contribution in [3.8, 4) is 0 Å². The zero-order valence-corrected chi connectivity index (χ0v) is 10.2. The largest absolute Gasteiger partial charge is 0.302 e. The van der Waals surface area contributed by atoms with Gasteiger partial charge in [-0.15, -0.1) is 0 Å². The highest BCUT2D eigenvalue weighted by Crippen LogP contribution is 2.31. The topological polar surface area (TPSA) is 34.1 Å². The number of rotatable bonds is 4. The van der Waals surface area contributed by atoms with Gasteiger partial charge in [0.15, 0.2) is 5.78 Å². The summed E-state index contributed by atoms with van der Waals surface area (Å²) in [5, 5.41) is 0. The number of Topliss-reactive ketones (excluding diaryl/α,β-unsaturated/α-hetero) is 1. The van der Waals surface area contributed by atoms with Crippen LogP contribution in [0.25, 0.3) is 0 Å². The third-order valence-corrected chi connectivity index (χ3v) is 3.19. The molecule has 0 aromatic heterocycles. The second-order valence-electron chi connectivity index (χ2n) is 4.21. The molecule has 2 aromatic carbocycles. The van der Waals surface area contributed by atoms with Gasteiger partial charge in [-0.05, 0) is 18.1 Å². The standard InChI is InChI=1S/C16H14O2/c1-13(18)16(12-17,14-8-4-2-5-9-14)15-10-6-3-7-11-15/h2-12H,1H3. The first kappa shape index (κ1) is 12.2. The van der Waals surface area contributed by atoms with E-state index in [9.17, 15) is 9.59 Å². The van der Waals surface area contributed by atoms with E-state index in [2.05, 4.69) is 0 Å². The molecule has 0 heterocycles. The van der Waals surface area contributed by atoms with Crippen molar-refractivity contribution < 1.29 is 9.59 Å². The summed E-state index contributed by atoms with van der Waals surface area (Å²) in [4.78, 5) is 23.7. The molecule has 0 aliphatic heterocycles. The Bertz CT molecular complexity index is 504. The summed E-state index contributed by atoms with van der Waals surface area (Å²) in [6.07, 6.45) is 0.736. The highest BCUT2D eigenvalue weighted by molar-refractivity contribution is 6.06. The van der Waals surface area contributed by atoms with Gasteiger partial charge >= 0.3 is 0 Å². The van der Waals surface area contributed by atoms with Crippen LogP contribution in [-0.2, 0) is 15.0 Å². The van der Waals surface area contributed by atoms with Crippen molar-refractivity contribution >= 4 is 12.1 Å². The molecular weight excluding hydrogens is 224 g/mol. The van der Waals surface area contributed by atoms with E-state index < -0.39 is 5.41 Å². The Morgan fingerprint density at radius 1 is 0.889 bits per heavy atom. The van der Waals surface area contributed by atoms with E-state index >= 15 is 0 Å². The number of hydrogen-bond acceptors (Lipinski definition) is 2. The van der Waals surface area contributed by atoms with Crippen molar-refractivity contribution in [3.05, 3.63) is 71.8 Å². The lowest BCUT2D eigenvalue weighted by molar-refractivity contribution is -0.126. The van der Waals surface area contributed by atoms with Crippen LogP contribution in [0.5, 0.6) is 0 Å².